The maximum absolute atomic E-state index is 13.3. The predicted molar refractivity (Wildman–Crippen MR) is 87.2 cm³/mol. The third-order valence-corrected chi connectivity index (χ3v) is 3.93. The minimum Gasteiger partial charge on any atom is -0.368 e. The number of halogens is 1. The monoisotopic (exact) mass is 309 g/mol. The molecule has 0 saturated carbocycles. The topological polar surface area (TPSA) is 45.7 Å². The lowest BCUT2D eigenvalue weighted by Crippen LogP contribution is -2.19. The van der Waals surface area contributed by atoms with Gasteiger partial charge in [0.05, 0.1) is 12.2 Å². The van der Waals surface area contributed by atoms with Gasteiger partial charge in [-0.2, -0.15) is 0 Å². The van der Waals surface area contributed by atoms with Crippen molar-refractivity contribution in [3.8, 4) is 0 Å². The van der Waals surface area contributed by atoms with E-state index in [4.69, 9.17) is 4.84 Å². The van der Waals surface area contributed by atoms with E-state index >= 15 is 0 Å². The molecule has 1 atom stereocenters. The third-order valence-electron chi connectivity index (χ3n) is 3.93. The molecule has 0 aromatic heterocycles. The average molecular weight is 309 g/mol. The third kappa shape index (κ3) is 2.83. The highest BCUT2D eigenvalue weighted by atomic mass is 19.1. The quantitative estimate of drug-likeness (QED) is 0.916. The molecule has 0 radical (unpaired) electrons. The Kier molecular flexibility index (Phi) is 3.55. The SMILES string of the molecule is Fc1cccc(C2C=C(c3ccc(C4=NCCN4)cc3)NO2)c1. The molecule has 2 N–H and O–H groups in total. The van der Waals surface area contributed by atoms with Crippen molar-refractivity contribution < 1.29 is 9.23 Å². The smallest absolute Gasteiger partial charge is 0.131 e. The summed E-state index contributed by atoms with van der Waals surface area (Å²) in [6.07, 6.45) is 1.66. The molecule has 0 saturated heterocycles. The maximum atomic E-state index is 13.3. The summed E-state index contributed by atoms with van der Waals surface area (Å²) < 4.78 is 13.3. The molecule has 0 aliphatic carbocycles. The fourth-order valence-corrected chi connectivity index (χ4v) is 2.75. The zero-order chi connectivity index (χ0) is 15.6. The van der Waals surface area contributed by atoms with Crippen LogP contribution in [0.25, 0.3) is 5.70 Å². The van der Waals surface area contributed by atoms with Gasteiger partial charge in [-0.3, -0.25) is 15.3 Å². The van der Waals surface area contributed by atoms with Crippen molar-refractivity contribution in [2.24, 2.45) is 4.99 Å². The lowest BCUT2D eigenvalue weighted by molar-refractivity contribution is 0.0509. The molecule has 2 aliphatic heterocycles. The van der Waals surface area contributed by atoms with Crippen LogP contribution in [0.5, 0.6) is 0 Å². The summed E-state index contributed by atoms with van der Waals surface area (Å²) in [7, 11) is 0. The van der Waals surface area contributed by atoms with Crippen LogP contribution in [-0.2, 0) is 4.84 Å². The highest BCUT2D eigenvalue weighted by Gasteiger charge is 2.20. The Morgan fingerprint density at radius 3 is 2.65 bits per heavy atom. The summed E-state index contributed by atoms with van der Waals surface area (Å²) in [5.41, 5.74) is 6.69. The first kappa shape index (κ1) is 14.0. The summed E-state index contributed by atoms with van der Waals surface area (Å²) in [6.45, 7) is 1.72. The fraction of sp³-hybridized carbons (Fsp3) is 0.167. The van der Waals surface area contributed by atoms with Crippen LogP contribution in [0.1, 0.15) is 22.8 Å². The zero-order valence-electron chi connectivity index (χ0n) is 12.4. The zero-order valence-corrected chi connectivity index (χ0v) is 12.4. The van der Waals surface area contributed by atoms with Crippen LogP contribution in [0.3, 0.4) is 0 Å². The van der Waals surface area contributed by atoms with E-state index in [1.54, 1.807) is 6.07 Å². The Balaban J connectivity index is 1.55. The van der Waals surface area contributed by atoms with Crippen LogP contribution in [-0.4, -0.2) is 18.9 Å². The van der Waals surface area contributed by atoms with Gasteiger partial charge in [0.15, 0.2) is 0 Å². The van der Waals surface area contributed by atoms with Gasteiger partial charge in [0.1, 0.15) is 17.8 Å². The van der Waals surface area contributed by atoms with Gasteiger partial charge in [-0.1, -0.05) is 36.4 Å². The van der Waals surface area contributed by atoms with Crippen LogP contribution >= 0.6 is 0 Å². The van der Waals surface area contributed by atoms with Gasteiger partial charge in [-0.25, -0.2) is 4.39 Å². The second-order valence-electron chi connectivity index (χ2n) is 5.51. The van der Waals surface area contributed by atoms with E-state index in [2.05, 4.69) is 15.8 Å². The molecule has 1 unspecified atom stereocenters. The van der Waals surface area contributed by atoms with Crippen molar-refractivity contribution in [2.75, 3.05) is 13.1 Å². The van der Waals surface area contributed by atoms with Crippen molar-refractivity contribution >= 4 is 11.5 Å². The Bertz CT molecular complexity index is 783. The molecule has 116 valence electrons. The van der Waals surface area contributed by atoms with E-state index < -0.39 is 0 Å². The van der Waals surface area contributed by atoms with Crippen LogP contribution in [0.2, 0.25) is 0 Å². The molecule has 2 aliphatic rings. The largest absolute Gasteiger partial charge is 0.368 e. The van der Waals surface area contributed by atoms with E-state index in [1.165, 1.54) is 12.1 Å². The molecule has 0 bridgehead atoms. The van der Waals surface area contributed by atoms with Gasteiger partial charge >= 0.3 is 0 Å². The second-order valence-corrected chi connectivity index (χ2v) is 5.51. The van der Waals surface area contributed by atoms with Gasteiger partial charge in [0, 0.05) is 12.1 Å². The number of benzene rings is 2. The van der Waals surface area contributed by atoms with Crippen molar-refractivity contribution in [3.05, 3.63) is 77.1 Å². The number of hydroxylamine groups is 1. The number of nitrogens with zero attached hydrogens (tertiary/aromatic N) is 1. The average Bonchev–Trinajstić information content (AvgIpc) is 3.27. The molecular formula is C18H16FN3O. The van der Waals surface area contributed by atoms with Gasteiger partial charge < -0.3 is 5.32 Å². The first-order valence-corrected chi connectivity index (χ1v) is 7.58. The Hall–Kier alpha value is -2.66. The van der Waals surface area contributed by atoms with Crippen LogP contribution in [0, 0.1) is 5.82 Å². The predicted octanol–water partition coefficient (Wildman–Crippen LogP) is 2.79. The minimum absolute atomic E-state index is 0.262. The number of aliphatic imine (C=N–C) groups is 1. The lowest BCUT2D eigenvalue weighted by Gasteiger charge is -2.07. The molecule has 23 heavy (non-hydrogen) atoms. The fourth-order valence-electron chi connectivity index (χ4n) is 2.75. The van der Waals surface area contributed by atoms with E-state index in [1.807, 2.05) is 36.4 Å². The van der Waals surface area contributed by atoms with Crippen LogP contribution in [0.4, 0.5) is 4.39 Å². The van der Waals surface area contributed by atoms with Gasteiger partial charge in [0.25, 0.3) is 0 Å². The number of hydrogen-bond acceptors (Lipinski definition) is 4. The molecule has 0 amide bonds. The highest BCUT2D eigenvalue weighted by molar-refractivity contribution is 5.99. The van der Waals surface area contributed by atoms with E-state index in [0.717, 1.165) is 41.3 Å². The summed E-state index contributed by atoms with van der Waals surface area (Å²) >= 11 is 0. The summed E-state index contributed by atoms with van der Waals surface area (Å²) in [6, 6.07) is 14.6. The van der Waals surface area contributed by atoms with E-state index in [0.29, 0.717) is 0 Å². The lowest BCUT2D eigenvalue weighted by atomic mass is 10.1. The molecule has 4 nitrogen and oxygen atoms in total. The van der Waals surface area contributed by atoms with Crippen molar-refractivity contribution in [1.82, 2.24) is 10.8 Å². The molecular weight excluding hydrogens is 293 g/mol. The van der Waals surface area contributed by atoms with E-state index in [9.17, 15) is 4.39 Å². The normalized spacial score (nSPS) is 19.8. The molecule has 2 heterocycles. The van der Waals surface area contributed by atoms with Gasteiger partial charge in [-0.15, -0.1) is 0 Å². The number of rotatable bonds is 3. The summed E-state index contributed by atoms with van der Waals surface area (Å²) in [4.78, 5) is 9.95. The molecule has 0 fully saturated rings. The second kappa shape index (κ2) is 5.85. The molecule has 0 spiro atoms. The van der Waals surface area contributed by atoms with Crippen molar-refractivity contribution in [1.29, 1.82) is 0 Å². The minimum atomic E-state index is -0.291. The first-order chi connectivity index (χ1) is 11.3. The first-order valence-electron chi connectivity index (χ1n) is 7.58. The number of hydrogen-bond donors (Lipinski definition) is 2. The standard InChI is InChI=1S/C18H16FN3O/c19-15-3-1-2-14(10-15)17-11-16(22-23-17)12-4-6-13(7-5-12)18-20-8-9-21-18/h1-7,10-11,17,22H,8-9H2,(H,20,21). The van der Waals surface area contributed by atoms with Gasteiger partial charge in [-0.05, 0) is 29.3 Å². The van der Waals surface area contributed by atoms with Gasteiger partial charge in [0.2, 0.25) is 0 Å². The molecule has 5 heteroatoms. The highest BCUT2D eigenvalue weighted by Crippen LogP contribution is 2.28. The Morgan fingerprint density at radius 1 is 1.09 bits per heavy atom. The Morgan fingerprint density at radius 2 is 1.91 bits per heavy atom. The van der Waals surface area contributed by atoms with Crippen molar-refractivity contribution in [2.45, 2.75) is 6.10 Å². The van der Waals surface area contributed by atoms with Crippen molar-refractivity contribution in [3.63, 3.8) is 0 Å². The molecule has 2 aromatic carbocycles. The number of amidine groups is 1. The molecule has 2 aromatic rings. The number of nitrogens with one attached hydrogen (secondary N) is 2. The summed E-state index contributed by atoms with van der Waals surface area (Å²) in [5.74, 6) is 0.681. The Labute approximate surface area is 133 Å². The van der Waals surface area contributed by atoms with Crippen LogP contribution in [0.15, 0.2) is 59.6 Å². The molecule has 4 rings (SSSR count). The summed E-state index contributed by atoms with van der Waals surface area (Å²) in [5, 5.41) is 3.26. The van der Waals surface area contributed by atoms with E-state index in [-0.39, 0.29) is 11.9 Å². The van der Waals surface area contributed by atoms with Crippen LogP contribution < -0.4 is 10.8 Å². The maximum Gasteiger partial charge on any atom is 0.131 e.